The summed E-state index contributed by atoms with van der Waals surface area (Å²) in [4.78, 5) is 23.2. The SMILES string of the molecule is CC(C)OC(=O)C(Cc1ccccc1)NC(=O)C(F)(F)C(F)(F)F. The topological polar surface area (TPSA) is 55.4 Å². The lowest BCUT2D eigenvalue weighted by Gasteiger charge is -2.23. The van der Waals surface area contributed by atoms with E-state index in [2.05, 4.69) is 0 Å². The molecule has 1 rings (SSSR count). The van der Waals surface area contributed by atoms with Crippen molar-refractivity contribution in [2.45, 2.75) is 44.5 Å². The molecule has 1 N–H and O–H groups in total. The van der Waals surface area contributed by atoms with Gasteiger partial charge >= 0.3 is 24.0 Å². The molecule has 0 heterocycles. The normalized spacial score (nSPS) is 13.5. The van der Waals surface area contributed by atoms with Gasteiger partial charge in [-0.25, -0.2) is 4.79 Å². The standard InChI is InChI=1S/C15H16F5NO3/c1-9(2)24-12(22)11(8-10-6-4-3-5-7-10)21-13(23)14(16,17)15(18,19)20/h3-7,9,11H,8H2,1-2H3,(H,21,23). The van der Waals surface area contributed by atoms with Crippen LogP contribution in [0.2, 0.25) is 0 Å². The molecule has 0 saturated carbocycles. The number of esters is 1. The van der Waals surface area contributed by atoms with Crippen LogP contribution in [0, 0.1) is 0 Å². The first-order valence-corrected chi connectivity index (χ1v) is 6.95. The molecular formula is C15H16F5NO3. The summed E-state index contributed by atoms with van der Waals surface area (Å²) in [6.07, 6.45) is -6.97. The van der Waals surface area contributed by atoms with Crippen LogP contribution in [-0.2, 0) is 20.7 Å². The third-order valence-corrected chi connectivity index (χ3v) is 2.87. The Kier molecular flexibility index (Phi) is 6.28. The second-order valence-electron chi connectivity index (χ2n) is 5.27. The number of halogens is 5. The molecule has 1 amide bonds. The minimum atomic E-state index is -6.06. The van der Waals surface area contributed by atoms with Crippen LogP contribution in [0.5, 0.6) is 0 Å². The Bertz CT molecular complexity index is 572. The van der Waals surface area contributed by atoms with E-state index in [-0.39, 0.29) is 6.42 Å². The number of amides is 1. The Hall–Kier alpha value is -2.19. The van der Waals surface area contributed by atoms with E-state index in [0.717, 1.165) is 0 Å². The van der Waals surface area contributed by atoms with E-state index in [4.69, 9.17) is 4.74 Å². The van der Waals surface area contributed by atoms with Crippen molar-refractivity contribution in [1.82, 2.24) is 5.32 Å². The minimum Gasteiger partial charge on any atom is -0.461 e. The number of benzene rings is 1. The van der Waals surface area contributed by atoms with Crippen molar-refractivity contribution in [3.05, 3.63) is 35.9 Å². The van der Waals surface area contributed by atoms with Crippen LogP contribution in [0.1, 0.15) is 19.4 Å². The molecule has 0 aliphatic carbocycles. The van der Waals surface area contributed by atoms with E-state index in [1.54, 1.807) is 18.2 Å². The molecule has 0 aliphatic rings. The first-order valence-electron chi connectivity index (χ1n) is 6.95. The average Bonchev–Trinajstić information content (AvgIpc) is 2.45. The van der Waals surface area contributed by atoms with E-state index >= 15 is 0 Å². The molecule has 1 unspecified atom stereocenters. The predicted molar refractivity (Wildman–Crippen MR) is 74.3 cm³/mol. The van der Waals surface area contributed by atoms with Gasteiger partial charge in [-0.2, -0.15) is 22.0 Å². The quantitative estimate of drug-likeness (QED) is 0.632. The van der Waals surface area contributed by atoms with Gasteiger partial charge in [-0.05, 0) is 19.4 Å². The zero-order chi connectivity index (χ0) is 18.5. The van der Waals surface area contributed by atoms with Gasteiger partial charge < -0.3 is 10.1 Å². The molecule has 24 heavy (non-hydrogen) atoms. The van der Waals surface area contributed by atoms with E-state index in [1.165, 1.54) is 31.3 Å². The summed E-state index contributed by atoms with van der Waals surface area (Å²) in [5, 5.41) is 1.43. The smallest absolute Gasteiger partial charge is 0.461 e. The van der Waals surface area contributed by atoms with Crippen molar-refractivity contribution in [2.75, 3.05) is 0 Å². The molecule has 0 bridgehead atoms. The summed E-state index contributed by atoms with van der Waals surface area (Å²) in [7, 11) is 0. The summed E-state index contributed by atoms with van der Waals surface area (Å²) in [6.45, 7) is 2.95. The van der Waals surface area contributed by atoms with Gasteiger partial charge in [0.05, 0.1) is 6.10 Å². The van der Waals surface area contributed by atoms with Gasteiger partial charge in [0.25, 0.3) is 0 Å². The summed E-state index contributed by atoms with van der Waals surface area (Å²) in [6, 6.07) is 6.23. The highest BCUT2D eigenvalue weighted by atomic mass is 19.4. The molecule has 1 aromatic rings. The van der Waals surface area contributed by atoms with Crippen molar-refractivity contribution in [1.29, 1.82) is 0 Å². The Labute approximate surface area is 135 Å². The Morgan fingerprint density at radius 1 is 1.08 bits per heavy atom. The van der Waals surface area contributed by atoms with E-state index < -0.39 is 36.1 Å². The molecule has 0 saturated heterocycles. The molecule has 1 aromatic carbocycles. The maximum atomic E-state index is 13.1. The lowest BCUT2D eigenvalue weighted by atomic mass is 10.1. The van der Waals surface area contributed by atoms with Crippen LogP contribution in [0.3, 0.4) is 0 Å². The molecule has 1 atom stereocenters. The van der Waals surface area contributed by atoms with Gasteiger partial charge in [0.1, 0.15) is 6.04 Å². The number of alkyl halides is 5. The number of hydrogen-bond acceptors (Lipinski definition) is 3. The molecule has 0 spiro atoms. The lowest BCUT2D eigenvalue weighted by molar-refractivity contribution is -0.270. The van der Waals surface area contributed by atoms with Crippen molar-refractivity contribution in [2.24, 2.45) is 0 Å². The Morgan fingerprint density at radius 2 is 1.62 bits per heavy atom. The van der Waals surface area contributed by atoms with E-state index in [1.807, 2.05) is 0 Å². The number of rotatable bonds is 6. The fraction of sp³-hybridized carbons (Fsp3) is 0.467. The van der Waals surface area contributed by atoms with Gasteiger partial charge in [0.2, 0.25) is 0 Å². The number of hydrogen-bond donors (Lipinski definition) is 1. The maximum Gasteiger partial charge on any atom is 0.463 e. The Balaban J connectivity index is 2.97. The largest absolute Gasteiger partial charge is 0.463 e. The van der Waals surface area contributed by atoms with Crippen LogP contribution in [0.25, 0.3) is 0 Å². The van der Waals surface area contributed by atoms with E-state index in [9.17, 15) is 31.5 Å². The highest BCUT2D eigenvalue weighted by Crippen LogP contribution is 2.35. The summed E-state index contributed by atoms with van der Waals surface area (Å²) < 4.78 is 67.7. The fourth-order valence-electron chi connectivity index (χ4n) is 1.74. The van der Waals surface area contributed by atoms with Crippen LogP contribution < -0.4 is 5.32 Å². The van der Waals surface area contributed by atoms with Gasteiger partial charge in [0.15, 0.2) is 0 Å². The van der Waals surface area contributed by atoms with Gasteiger partial charge in [-0.3, -0.25) is 4.79 Å². The van der Waals surface area contributed by atoms with Crippen LogP contribution in [0.4, 0.5) is 22.0 Å². The number of carbonyl (C=O) groups is 2. The molecule has 9 heteroatoms. The zero-order valence-electron chi connectivity index (χ0n) is 12.9. The van der Waals surface area contributed by atoms with Crippen molar-refractivity contribution < 1.29 is 36.3 Å². The fourth-order valence-corrected chi connectivity index (χ4v) is 1.74. The van der Waals surface area contributed by atoms with Crippen molar-refractivity contribution in [3.63, 3.8) is 0 Å². The van der Waals surface area contributed by atoms with Gasteiger partial charge in [-0.1, -0.05) is 30.3 Å². The summed E-state index contributed by atoms with van der Waals surface area (Å²) in [5.74, 6) is -9.31. The highest BCUT2D eigenvalue weighted by Gasteiger charge is 2.63. The van der Waals surface area contributed by atoms with Crippen LogP contribution in [-0.4, -0.2) is 36.1 Å². The zero-order valence-corrected chi connectivity index (χ0v) is 12.9. The number of ether oxygens (including phenoxy) is 1. The summed E-state index contributed by atoms with van der Waals surface area (Å²) in [5.41, 5.74) is 0.457. The molecule has 0 fully saturated rings. The number of nitrogens with one attached hydrogen (secondary N) is 1. The first-order chi connectivity index (χ1) is 10.9. The average molecular weight is 353 g/mol. The van der Waals surface area contributed by atoms with Gasteiger partial charge in [0, 0.05) is 6.42 Å². The van der Waals surface area contributed by atoms with Crippen molar-refractivity contribution in [3.8, 4) is 0 Å². The molecule has 134 valence electrons. The maximum absolute atomic E-state index is 13.1. The first kappa shape index (κ1) is 19.9. The monoisotopic (exact) mass is 353 g/mol. The van der Waals surface area contributed by atoms with Crippen molar-refractivity contribution >= 4 is 11.9 Å². The van der Waals surface area contributed by atoms with Crippen LogP contribution in [0.15, 0.2) is 30.3 Å². The Morgan fingerprint density at radius 3 is 2.08 bits per heavy atom. The number of carbonyl (C=O) groups excluding carboxylic acids is 2. The summed E-state index contributed by atoms with van der Waals surface area (Å²) >= 11 is 0. The molecule has 0 aromatic heterocycles. The minimum absolute atomic E-state index is 0.286. The predicted octanol–water partition coefficient (Wildman–Crippen LogP) is 2.86. The molecular weight excluding hydrogens is 337 g/mol. The third kappa shape index (κ3) is 5.17. The third-order valence-electron chi connectivity index (χ3n) is 2.87. The molecule has 0 radical (unpaired) electrons. The molecule has 0 aliphatic heterocycles. The van der Waals surface area contributed by atoms with Gasteiger partial charge in [-0.15, -0.1) is 0 Å². The second-order valence-corrected chi connectivity index (χ2v) is 5.27. The highest BCUT2D eigenvalue weighted by molar-refractivity contribution is 5.89. The van der Waals surface area contributed by atoms with Crippen LogP contribution >= 0.6 is 0 Å². The second kappa shape index (κ2) is 7.59. The van der Waals surface area contributed by atoms with E-state index in [0.29, 0.717) is 5.56 Å². The lowest BCUT2D eigenvalue weighted by Crippen LogP contribution is -2.55. The molecule has 4 nitrogen and oxygen atoms in total.